The number of carbonyl (C=O) groups excluding carboxylic acids is 1. The molecule has 0 radical (unpaired) electrons. The number of allylic oxidation sites excluding steroid dienone is 5. The number of nitrogens with two attached hydrogens (primary N) is 1. The van der Waals surface area contributed by atoms with Crippen LogP contribution in [0.4, 0.5) is 0 Å². The minimum absolute atomic E-state index is 0.0426. The Bertz CT molecular complexity index is 914. The van der Waals surface area contributed by atoms with Gasteiger partial charge in [-0.05, 0) is 44.9 Å². The first-order chi connectivity index (χ1) is 24.8. The van der Waals surface area contributed by atoms with Gasteiger partial charge in [-0.3, -0.25) is 13.8 Å². The number of hydrogen-bond donors (Lipinski definition) is 5. The third kappa shape index (κ3) is 35.5. The third-order valence-corrected chi connectivity index (χ3v) is 9.99. The number of amides is 1. The fraction of sp³-hybridized carbons (Fsp3) is 0.829. The van der Waals surface area contributed by atoms with Crippen LogP contribution in [0, 0.1) is 0 Å². The van der Waals surface area contributed by atoms with Crippen LogP contribution in [0.25, 0.3) is 0 Å². The van der Waals surface area contributed by atoms with Gasteiger partial charge >= 0.3 is 7.82 Å². The molecule has 0 heterocycles. The molecule has 0 rings (SSSR count). The molecule has 0 fully saturated rings. The SMILES string of the molecule is CCCCCCCC/C=C/CC/C=C/CC/C=C/C(O)C(COP(=O)(O)OCCN)NC(=O)CC(O)CCCCCCCCCCCCCCC. The number of nitrogens with one attached hydrogen (secondary N) is 1. The van der Waals surface area contributed by atoms with Crippen LogP contribution in [0.5, 0.6) is 0 Å². The van der Waals surface area contributed by atoms with Gasteiger partial charge in [-0.2, -0.15) is 0 Å². The van der Waals surface area contributed by atoms with E-state index >= 15 is 0 Å². The van der Waals surface area contributed by atoms with Gasteiger partial charge in [0, 0.05) is 6.54 Å². The van der Waals surface area contributed by atoms with E-state index in [0.29, 0.717) is 12.8 Å². The van der Waals surface area contributed by atoms with Crippen molar-refractivity contribution in [3.63, 3.8) is 0 Å². The molecular formula is C41H79N2O7P. The number of rotatable bonds is 38. The van der Waals surface area contributed by atoms with E-state index in [9.17, 15) is 24.5 Å². The van der Waals surface area contributed by atoms with E-state index < -0.39 is 38.6 Å². The van der Waals surface area contributed by atoms with Gasteiger partial charge in [0.25, 0.3) is 0 Å². The minimum atomic E-state index is -4.41. The Labute approximate surface area is 312 Å². The predicted molar refractivity (Wildman–Crippen MR) is 214 cm³/mol. The molecule has 0 aromatic heterocycles. The fourth-order valence-electron chi connectivity index (χ4n) is 5.85. The van der Waals surface area contributed by atoms with Crippen LogP contribution in [0.15, 0.2) is 36.5 Å². The van der Waals surface area contributed by atoms with Gasteiger partial charge in [-0.15, -0.1) is 0 Å². The summed E-state index contributed by atoms with van der Waals surface area (Å²) in [7, 11) is -4.41. The molecule has 0 aliphatic heterocycles. The molecule has 1 amide bonds. The van der Waals surface area contributed by atoms with E-state index in [1.807, 2.05) is 6.08 Å². The van der Waals surface area contributed by atoms with E-state index in [1.165, 1.54) is 103 Å². The van der Waals surface area contributed by atoms with E-state index in [2.05, 4.69) is 43.5 Å². The lowest BCUT2D eigenvalue weighted by molar-refractivity contribution is -0.124. The highest BCUT2D eigenvalue weighted by molar-refractivity contribution is 7.47. The van der Waals surface area contributed by atoms with E-state index in [-0.39, 0.29) is 19.6 Å². The molecule has 0 aromatic carbocycles. The Hall–Kier alpha value is -1.32. The Morgan fingerprint density at radius 3 is 1.63 bits per heavy atom. The molecule has 51 heavy (non-hydrogen) atoms. The molecule has 300 valence electrons. The number of aliphatic hydroxyl groups is 2. The van der Waals surface area contributed by atoms with E-state index in [0.717, 1.165) is 44.9 Å². The number of unbranched alkanes of at least 4 members (excludes halogenated alkanes) is 20. The first-order valence-corrected chi connectivity index (χ1v) is 22.2. The van der Waals surface area contributed by atoms with Crippen molar-refractivity contribution in [3.05, 3.63) is 36.5 Å². The van der Waals surface area contributed by atoms with Gasteiger partial charge in [0.1, 0.15) is 0 Å². The average Bonchev–Trinajstić information content (AvgIpc) is 3.10. The Morgan fingerprint density at radius 2 is 1.12 bits per heavy atom. The number of phosphoric ester groups is 1. The standard InChI is InChI=1S/C41H79N2O7P/c1-3-5-7-9-11-13-15-17-18-19-21-23-25-27-29-31-33-40(45)39(37-50-51(47,48)49-35-34-42)43-41(46)36-38(44)32-30-28-26-24-22-20-16-14-12-10-8-6-4-2/h17-18,23,25,31,33,38-40,44-45H,3-16,19-22,24,26-30,32,34-37,42H2,1-2H3,(H,43,46)(H,47,48)/b18-17+,25-23+,33-31+. The summed E-state index contributed by atoms with van der Waals surface area (Å²) in [4.78, 5) is 22.7. The lowest BCUT2D eigenvalue weighted by Gasteiger charge is -2.24. The number of carbonyl (C=O) groups is 1. The second-order valence-electron chi connectivity index (χ2n) is 14.0. The highest BCUT2D eigenvalue weighted by Crippen LogP contribution is 2.43. The maximum absolute atomic E-state index is 12.8. The lowest BCUT2D eigenvalue weighted by atomic mass is 10.0. The molecule has 0 aliphatic carbocycles. The van der Waals surface area contributed by atoms with Gasteiger partial charge in [0.05, 0.1) is 37.9 Å². The topological polar surface area (TPSA) is 151 Å². The zero-order valence-corrected chi connectivity index (χ0v) is 33.6. The Kier molecular flexibility index (Phi) is 36.1. The minimum Gasteiger partial charge on any atom is -0.393 e. The molecule has 0 spiro atoms. The summed E-state index contributed by atoms with van der Waals surface area (Å²) >= 11 is 0. The van der Waals surface area contributed by atoms with Crippen LogP contribution in [-0.2, 0) is 18.4 Å². The van der Waals surface area contributed by atoms with Crippen molar-refractivity contribution in [3.8, 4) is 0 Å². The summed E-state index contributed by atoms with van der Waals surface area (Å²) in [6.45, 7) is 3.92. The second-order valence-corrected chi connectivity index (χ2v) is 15.5. The highest BCUT2D eigenvalue weighted by atomic mass is 31.2. The summed E-state index contributed by atoms with van der Waals surface area (Å²) in [5, 5.41) is 24.0. The highest BCUT2D eigenvalue weighted by Gasteiger charge is 2.27. The van der Waals surface area contributed by atoms with Crippen LogP contribution < -0.4 is 11.1 Å². The molecule has 4 unspecified atom stereocenters. The molecule has 9 nitrogen and oxygen atoms in total. The van der Waals surface area contributed by atoms with Crippen molar-refractivity contribution in [1.82, 2.24) is 5.32 Å². The van der Waals surface area contributed by atoms with Crippen molar-refractivity contribution < 1.29 is 33.5 Å². The number of phosphoric acid groups is 1. The van der Waals surface area contributed by atoms with Crippen LogP contribution >= 0.6 is 7.82 Å². The monoisotopic (exact) mass is 743 g/mol. The lowest BCUT2D eigenvalue weighted by Crippen LogP contribution is -2.46. The fourth-order valence-corrected chi connectivity index (χ4v) is 6.61. The first-order valence-electron chi connectivity index (χ1n) is 20.7. The van der Waals surface area contributed by atoms with Crippen LogP contribution in [0.3, 0.4) is 0 Å². The molecule has 4 atom stereocenters. The summed E-state index contributed by atoms with van der Waals surface area (Å²) in [5.41, 5.74) is 5.35. The molecule has 0 aliphatic rings. The van der Waals surface area contributed by atoms with Crippen molar-refractivity contribution in [1.29, 1.82) is 0 Å². The van der Waals surface area contributed by atoms with Gasteiger partial charge in [0.2, 0.25) is 5.91 Å². The second kappa shape index (κ2) is 37.0. The number of aliphatic hydroxyl groups excluding tert-OH is 2. The zero-order valence-electron chi connectivity index (χ0n) is 32.7. The van der Waals surface area contributed by atoms with Crippen LogP contribution in [0.1, 0.15) is 181 Å². The molecule has 0 aromatic rings. The smallest absolute Gasteiger partial charge is 0.393 e. The van der Waals surface area contributed by atoms with Gasteiger partial charge in [-0.1, -0.05) is 166 Å². The number of hydrogen-bond acceptors (Lipinski definition) is 7. The average molecular weight is 743 g/mol. The molecule has 0 saturated heterocycles. The first kappa shape index (κ1) is 49.7. The van der Waals surface area contributed by atoms with Crippen molar-refractivity contribution >= 4 is 13.7 Å². The largest absolute Gasteiger partial charge is 0.472 e. The van der Waals surface area contributed by atoms with E-state index in [1.54, 1.807) is 6.08 Å². The molecule has 10 heteroatoms. The summed E-state index contributed by atoms with van der Waals surface area (Å²) < 4.78 is 22.0. The third-order valence-electron chi connectivity index (χ3n) is 9.00. The molecule has 6 N–H and O–H groups in total. The van der Waals surface area contributed by atoms with Crippen molar-refractivity contribution in [2.75, 3.05) is 19.8 Å². The van der Waals surface area contributed by atoms with Crippen molar-refractivity contribution in [2.24, 2.45) is 5.73 Å². The van der Waals surface area contributed by atoms with Gasteiger partial charge in [-0.25, -0.2) is 4.57 Å². The summed E-state index contributed by atoms with van der Waals surface area (Å²) in [6, 6.07) is -1.00. The van der Waals surface area contributed by atoms with Gasteiger partial charge < -0.3 is 26.2 Å². The van der Waals surface area contributed by atoms with E-state index in [4.69, 9.17) is 14.8 Å². The maximum atomic E-state index is 12.8. The Morgan fingerprint density at radius 1 is 0.667 bits per heavy atom. The summed E-state index contributed by atoms with van der Waals surface area (Å²) in [5.74, 6) is -0.460. The maximum Gasteiger partial charge on any atom is 0.472 e. The normalized spacial score (nSPS) is 15.2. The molecule has 0 bridgehead atoms. The molecule has 0 saturated carbocycles. The van der Waals surface area contributed by atoms with Crippen LogP contribution in [0.2, 0.25) is 0 Å². The van der Waals surface area contributed by atoms with Crippen LogP contribution in [-0.4, -0.2) is 59.0 Å². The quantitative estimate of drug-likeness (QED) is 0.0238. The summed E-state index contributed by atoms with van der Waals surface area (Å²) in [6.07, 6.45) is 39.4. The Balaban J connectivity index is 4.46. The predicted octanol–water partition coefficient (Wildman–Crippen LogP) is 10.1. The zero-order chi connectivity index (χ0) is 37.7. The molecular weight excluding hydrogens is 663 g/mol. The van der Waals surface area contributed by atoms with Crippen molar-refractivity contribution in [2.45, 2.75) is 199 Å². The van der Waals surface area contributed by atoms with Gasteiger partial charge in [0.15, 0.2) is 0 Å².